The van der Waals surface area contributed by atoms with Crippen molar-refractivity contribution in [2.45, 2.75) is 70.9 Å². The minimum atomic E-state index is -0.100. The molecule has 0 radical (unpaired) electrons. The third-order valence-corrected chi connectivity index (χ3v) is 10.6. The maximum atomic E-state index is 12.9. The van der Waals surface area contributed by atoms with E-state index in [2.05, 4.69) is 65.4 Å². The number of fused-ring (bicyclic) bond motifs is 1. The van der Waals surface area contributed by atoms with Gasteiger partial charge in [0.1, 0.15) is 0 Å². The molecule has 0 aromatic heterocycles. The Balaban J connectivity index is 0.00000541. The van der Waals surface area contributed by atoms with E-state index in [0.717, 1.165) is 73.3 Å². The lowest BCUT2D eigenvalue weighted by molar-refractivity contribution is -0.125. The predicted molar refractivity (Wildman–Crippen MR) is 218 cm³/mol. The van der Waals surface area contributed by atoms with Crippen molar-refractivity contribution in [3.63, 3.8) is 0 Å². The second-order valence-corrected chi connectivity index (χ2v) is 14.8. The average Bonchev–Trinajstić information content (AvgIpc) is 3.15. The lowest BCUT2D eigenvalue weighted by Crippen LogP contribution is -2.43. The number of carbonyl (C=O) groups excluding carboxylic acids is 3. The molecule has 2 unspecified atom stereocenters. The summed E-state index contributed by atoms with van der Waals surface area (Å²) in [7, 11) is 0. The van der Waals surface area contributed by atoms with E-state index in [-0.39, 0.29) is 48.1 Å². The number of benzene rings is 4. The summed E-state index contributed by atoms with van der Waals surface area (Å²) in [6, 6.07) is 30.2. The van der Waals surface area contributed by atoms with Crippen LogP contribution in [0.1, 0.15) is 85.0 Å². The number of nitrogens with one attached hydrogen (secondary N) is 4. The Labute approximate surface area is 324 Å². The average molecular weight is 757 g/mol. The fourth-order valence-corrected chi connectivity index (χ4v) is 7.75. The molecule has 2 aliphatic rings. The monoisotopic (exact) mass is 755 g/mol. The molecule has 4 aromatic carbocycles. The third kappa shape index (κ3) is 10.2. The molecule has 1 saturated heterocycles. The van der Waals surface area contributed by atoms with Crippen LogP contribution in [0.25, 0.3) is 11.1 Å². The smallest absolute Gasteiger partial charge is 0.251 e. The van der Waals surface area contributed by atoms with E-state index in [1.165, 1.54) is 11.1 Å². The first-order valence-electron chi connectivity index (χ1n) is 18.6. The van der Waals surface area contributed by atoms with Crippen molar-refractivity contribution in [1.82, 2.24) is 16.0 Å². The van der Waals surface area contributed by atoms with Crippen LogP contribution in [-0.2, 0) is 9.59 Å². The standard InChI is InChI=1S/C43H50ClN5O3.ClH/c1-28-8-7-9-33(22-28)35-24-36(27-45-26-35)43(52)47-21-6-4-5-20-46-42(51)32-12-10-31(11-13-32)34-14-19-41-39(25-34)40(23-29(2)49(41)30(3)50)48-38-17-15-37(44)16-18-38;/h7-19,22,25,29,35-36,40,45,48H,4-6,20-21,23-24,26-27H2,1-3H3,(H,46,51)(H,47,52);1H/t29-,35?,36?,40+;/m0./s1. The SMILES string of the molecule is CC(=O)N1c2ccc(-c3ccc(C(=O)NCCCCCNC(=O)C4CNCC(c5cccc(C)c5)C4)cc3)cc2[C@H](Nc2ccc(Cl)cc2)C[C@@H]1C.Cl. The van der Waals surface area contributed by atoms with Gasteiger partial charge in [-0.25, -0.2) is 0 Å². The number of rotatable bonds is 12. The highest BCUT2D eigenvalue weighted by Crippen LogP contribution is 2.41. The second kappa shape index (κ2) is 18.6. The van der Waals surface area contributed by atoms with Crippen LogP contribution in [0.5, 0.6) is 0 Å². The number of piperidine rings is 1. The quantitative estimate of drug-likeness (QED) is 0.109. The van der Waals surface area contributed by atoms with E-state index in [9.17, 15) is 14.4 Å². The van der Waals surface area contributed by atoms with E-state index in [4.69, 9.17) is 11.6 Å². The van der Waals surface area contributed by atoms with E-state index >= 15 is 0 Å². The number of halogens is 2. The molecule has 0 spiro atoms. The summed E-state index contributed by atoms with van der Waals surface area (Å²) >= 11 is 6.12. The predicted octanol–water partition coefficient (Wildman–Crippen LogP) is 8.45. The van der Waals surface area contributed by atoms with Gasteiger partial charge in [0.25, 0.3) is 5.91 Å². The molecule has 4 N–H and O–H groups in total. The summed E-state index contributed by atoms with van der Waals surface area (Å²) in [5.74, 6) is 0.379. The zero-order chi connectivity index (χ0) is 36.6. The van der Waals surface area contributed by atoms with Crippen LogP contribution in [0.15, 0.2) is 91.0 Å². The highest BCUT2D eigenvalue weighted by atomic mass is 35.5. The molecule has 4 aromatic rings. The molecule has 0 saturated carbocycles. The molecule has 3 amide bonds. The van der Waals surface area contributed by atoms with Gasteiger partial charge in [-0.1, -0.05) is 59.6 Å². The molecule has 2 heterocycles. The topological polar surface area (TPSA) is 103 Å². The van der Waals surface area contributed by atoms with Crippen LogP contribution < -0.4 is 26.2 Å². The molecule has 1 fully saturated rings. The first-order valence-corrected chi connectivity index (χ1v) is 18.9. The molecular weight excluding hydrogens is 705 g/mol. The normalized spacial score (nSPS) is 19.4. The van der Waals surface area contributed by atoms with Crippen LogP contribution in [0.3, 0.4) is 0 Å². The molecule has 2 aliphatic heterocycles. The number of hydrogen-bond acceptors (Lipinski definition) is 5. The Hall–Kier alpha value is -4.37. The van der Waals surface area contributed by atoms with Gasteiger partial charge in [-0.15, -0.1) is 12.4 Å². The summed E-state index contributed by atoms with van der Waals surface area (Å²) in [6.45, 7) is 8.65. The van der Waals surface area contributed by atoms with Crippen LogP contribution in [0.2, 0.25) is 5.02 Å². The summed E-state index contributed by atoms with van der Waals surface area (Å²) in [5, 5.41) is 13.9. The number of carbonyl (C=O) groups is 3. The van der Waals surface area contributed by atoms with Crippen molar-refractivity contribution in [1.29, 1.82) is 0 Å². The summed E-state index contributed by atoms with van der Waals surface area (Å²) < 4.78 is 0. The number of amides is 3. The third-order valence-electron chi connectivity index (χ3n) is 10.4. The second-order valence-electron chi connectivity index (χ2n) is 14.3. The van der Waals surface area contributed by atoms with Gasteiger partial charge in [-0.05, 0) is 123 Å². The van der Waals surface area contributed by atoms with Crippen molar-refractivity contribution < 1.29 is 14.4 Å². The van der Waals surface area contributed by atoms with Gasteiger partial charge in [0, 0.05) is 61.1 Å². The Bertz CT molecular complexity index is 1870. The van der Waals surface area contributed by atoms with Gasteiger partial charge in [0.05, 0.1) is 12.0 Å². The van der Waals surface area contributed by atoms with Gasteiger partial charge in [0.15, 0.2) is 0 Å². The van der Waals surface area contributed by atoms with E-state index in [1.807, 2.05) is 65.6 Å². The van der Waals surface area contributed by atoms with Crippen molar-refractivity contribution in [2.75, 3.05) is 36.4 Å². The summed E-state index contributed by atoms with van der Waals surface area (Å²) in [6.07, 6.45) is 4.26. The summed E-state index contributed by atoms with van der Waals surface area (Å²) in [4.78, 5) is 40.3. The van der Waals surface area contributed by atoms with Gasteiger partial charge in [-0.3, -0.25) is 14.4 Å². The number of unbranched alkanes of at least 4 members (excludes halogenated alkanes) is 2. The van der Waals surface area contributed by atoms with Crippen molar-refractivity contribution in [2.24, 2.45) is 5.92 Å². The molecule has 10 heteroatoms. The molecule has 6 rings (SSSR count). The largest absolute Gasteiger partial charge is 0.378 e. The number of hydrogen-bond donors (Lipinski definition) is 4. The van der Waals surface area contributed by atoms with Crippen molar-refractivity contribution in [3.8, 4) is 11.1 Å². The Kier molecular flexibility index (Phi) is 14.0. The maximum absolute atomic E-state index is 12.9. The fraction of sp³-hybridized carbons (Fsp3) is 0.372. The van der Waals surface area contributed by atoms with Crippen LogP contribution in [-0.4, -0.2) is 49.9 Å². The zero-order valence-electron chi connectivity index (χ0n) is 30.8. The molecule has 8 nitrogen and oxygen atoms in total. The lowest BCUT2D eigenvalue weighted by atomic mass is 9.84. The van der Waals surface area contributed by atoms with Gasteiger partial charge in [-0.2, -0.15) is 0 Å². The Morgan fingerprint density at radius 2 is 1.55 bits per heavy atom. The maximum Gasteiger partial charge on any atom is 0.251 e. The summed E-state index contributed by atoms with van der Waals surface area (Å²) in [5.41, 5.74) is 8.10. The number of aryl methyl sites for hydroxylation is 1. The van der Waals surface area contributed by atoms with Crippen LogP contribution in [0.4, 0.5) is 11.4 Å². The molecular formula is C43H51Cl2N5O3. The van der Waals surface area contributed by atoms with E-state index < -0.39 is 0 Å². The lowest BCUT2D eigenvalue weighted by Gasteiger charge is -2.39. The molecule has 4 atom stereocenters. The number of nitrogens with zero attached hydrogens (tertiary/aromatic N) is 1. The zero-order valence-corrected chi connectivity index (χ0v) is 32.4. The molecule has 0 bridgehead atoms. The highest BCUT2D eigenvalue weighted by Gasteiger charge is 2.33. The van der Waals surface area contributed by atoms with Crippen LogP contribution >= 0.6 is 24.0 Å². The molecule has 53 heavy (non-hydrogen) atoms. The van der Waals surface area contributed by atoms with E-state index in [1.54, 1.807) is 6.92 Å². The number of anilines is 2. The first-order chi connectivity index (χ1) is 25.2. The van der Waals surface area contributed by atoms with Crippen molar-refractivity contribution >= 4 is 53.1 Å². The van der Waals surface area contributed by atoms with Crippen LogP contribution in [0, 0.1) is 12.8 Å². The molecule has 280 valence electrons. The van der Waals surface area contributed by atoms with E-state index in [0.29, 0.717) is 29.6 Å². The fourth-order valence-electron chi connectivity index (χ4n) is 7.63. The van der Waals surface area contributed by atoms with Gasteiger partial charge >= 0.3 is 0 Å². The first kappa shape index (κ1) is 39.8. The highest BCUT2D eigenvalue weighted by molar-refractivity contribution is 6.30. The Morgan fingerprint density at radius 1 is 0.830 bits per heavy atom. The minimum absolute atomic E-state index is 0. The van der Waals surface area contributed by atoms with Gasteiger partial charge in [0.2, 0.25) is 11.8 Å². The molecule has 0 aliphatic carbocycles. The van der Waals surface area contributed by atoms with Gasteiger partial charge < -0.3 is 26.2 Å². The van der Waals surface area contributed by atoms with Crippen molar-refractivity contribution in [3.05, 3.63) is 118 Å². The Morgan fingerprint density at radius 3 is 2.26 bits per heavy atom. The minimum Gasteiger partial charge on any atom is -0.378 e.